The second-order valence-corrected chi connectivity index (χ2v) is 11.3. The number of aliphatic hydroxyl groups excluding tert-OH is 2. The molecule has 0 bridgehead atoms. The molecule has 1 fully saturated rings. The Morgan fingerprint density at radius 2 is 1.94 bits per heavy atom. The van der Waals surface area contributed by atoms with Gasteiger partial charge in [-0.2, -0.15) is 0 Å². The second kappa shape index (κ2) is 9.55. The summed E-state index contributed by atoms with van der Waals surface area (Å²) in [7, 11) is 0. The molecular formula is C26H36FN3O3S. The van der Waals surface area contributed by atoms with Gasteiger partial charge in [0, 0.05) is 41.4 Å². The first-order valence-electron chi connectivity index (χ1n) is 12.2. The molecule has 1 amide bonds. The molecule has 2 aliphatic carbocycles. The minimum absolute atomic E-state index is 0.0230. The summed E-state index contributed by atoms with van der Waals surface area (Å²) >= 11 is 1.55. The van der Waals surface area contributed by atoms with E-state index in [0.717, 1.165) is 22.7 Å². The molecule has 1 heterocycles. The van der Waals surface area contributed by atoms with Crippen molar-refractivity contribution in [2.24, 2.45) is 16.7 Å². The summed E-state index contributed by atoms with van der Waals surface area (Å²) in [6.07, 6.45) is 1.86. The predicted molar refractivity (Wildman–Crippen MR) is 133 cm³/mol. The number of aliphatic hydroxyl groups is 2. The highest BCUT2D eigenvalue weighted by atomic mass is 32.1. The van der Waals surface area contributed by atoms with Crippen LogP contribution >= 0.6 is 11.3 Å². The summed E-state index contributed by atoms with van der Waals surface area (Å²) < 4.78 is 13.3. The van der Waals surface area contributed by atoms with E-state index in [9.17, 15) is 19.4 Å². The molecule has 4 rings (SSSR count). The molecule has 6 nitrogen and oxygen atoms in total. The summed E-state index contributed by atoms with van der Waals surface area (Å²) in [6, 6.07) is 6.17. The van der Waals surface area contributed by atoms with Crippen LogP contribution in [0.3, 0.4) is 0 Å². The first-order valence-corrected chi connectivity index (χ1v) is 13.1. The maximum absolute atomic E-state index is 13.3. The van der Waals surface area contributed by atoms with Crippen molar-refractivity contribution in [1.29, 1.82) is 0 Å². The number of amides is 1. The number of aromatic nitrogens is 1. The molecule has 34 heavy (non-hydrogen) atoms. The summed E-state index contributed by atoms with van der Waals surface area (Å²) in [5, 5.41) is 25.3. The van der Waals surface area contributed by atoms with E-state index in [-0.39, 0.29) is 35.6 Å². The van der Waals surface area contributed by atoms with Gasteiger partial charge >= 0.3 is 0 Å². The molecule has 3 N–H and O–H groups in total. The predicted octanol–water partition coefficient (Wildman–Crippen LogP) is 4.70. The fourth-order valence-corrected chi connectivity index (χ4v) is 7.32. The number of nitrogens with zero attached hydrogens (tertiary/aromatic N) is 2. The van der Waals surface area contributed by atoms with Crippen molar-refractivity contribution in [2.45, 2.75) is 65.4 Å². The van der Waals surface area contributed by atoms with Gasteiger partial charge in [0.25, 0.3) is 0 Å². The third-order valence-electron chi connectivity index (χ3n) is 8.48. The lowest BCUT2D eigenvalue weighted by molar-refractivity contribution is -0.147. The third kappa shape index (κ3) is 4.25. The zero-order valence-electron chi connectivity index (χ0n) is 20.5. The first-order chi connectivity index (χ1) is 16.2. The Hall–Kier alpha value is -2.03. The van der Waals surface area contributed by atoms with Crippen molar-refractivity contribution in [3.05, 3.63) is 40.7 Å². The number of rotatable bonds is 7. The largest absolute Gasteiger partial charge is 0.396 e. The van der Waals surface area contributed by atoms with E-state index in [1.807, 2.05) is 25.7 Å². The van der Waals surface area contributed by atoms with Gasteiger partial charge < -0.3 is 20.4 Å². The van der Waals surface area contributed by atoms with Crippen LogP contribution in [-0.4, -0.2) is 51.8 Å². The van der Waals surface area contributed by atoms with Gasteiger partial charge in [-0.05, 0) is 68.7 Å². The lowest BCUT2D eigenvalue weighted by atomic mass is 9.47. The Balaban J connectivity index is 1.75. The van der Waals surface area contributed by atoms with Crippen LogP contribution in [0.15, 0.2) is 24.3 Å². The van der Waals surface area contributed by atoms with Gasteiger partial charge in [0.15, 0.2) is 5.13 Å². The molecule has 0 saturated heterocycles. The van der Waals surface area contributed by atoms with E-state index in [1.165, 1.54) is 12.1 Å². The van der Waals surface area contributed by atoms with Gasteiger partial charge in [-0.25, -0.2) is 9.37 Å². The lowest BCUT2D eigenvalue weighted by Gasteiger charge is -2.58. The topological polar surface area (TPSA) is 85.7 Å². The molecule has 0 aliphatic heterocycles. The second-order valence-electron chi connectivity index (χ2n) is 10.3. The fourth-order valence-electron chi connectivity index (χ4n) is 6.24. The van der Waals surface area contributed by atoms with E-state index in [2.05, 4.69) is 12.2 Å². The molecule has 1 aromatic heterocycles. The van der Waals surface area contributed by atoms with E-state index in [0.29, 0.717) is 37.5 Å². The molecule has 186 valence electrons. The average Bonchev–Trinajstić information content (AvgIpc) is 3.22. The fraction of sp³-hybridized carbons (Fsp3) is 0.615. The van der Waals surface area contributed by atoms with E-state index in [1.54, 1.807) is 23.5 Å². The van der Waals surface area contributed by atoms with Crippen LogP contribution in [0.4, 0.5) is 15.2 Å². The number of thiazole rings is 1. The summed E-state index contributed by atoms with van der Waals surface area (Å²) in [5.74, 6) is -0.263. The average molecular weight is 490 g/mol. The molecule has 0 spiro atoms. The van der Waals surface area contributed by atoms with Crippen molar-refractivity contribution >= 4 is 28.1 Å². The first kappa shape index (κ1) is 25.1. The number of nitrogens with one attached hydrogen (secondary N) is 1. The number of carbonyl (C=O) groups excluding carboxylic acids is 1. The van der Waals surface area contributed by atoms with Crippen LogP contribution < -0.4 is 5.32 Å². The maximum Gasteiger partial charge on any atom is 0.223 e. The van der Waals surface area contributed by atoms with Crippen LogP contribution in [0.2, 0.25) is 0 Å². The summed E-state index contributed by atoms with van der Waals surface area (Å²) in [5.41, 5.74) is 0.789. The molecule has 1 saturated carbocycles. The van der Waals surface area contributed by atoms with E-state index >= 15 is 0 Å². The highest BCUT2D eigenvalue weighted by Gasteiger charge is 2.59. The number of fused-ring (bicyclic) bond motifs is 2. The minimum atomic E-state index is -0.643. The Morgan fingerprint density at radius 3 is 2.56 bits per heavy atom. The van der Waals surface area contributed by atoms with Gasteiger partial charge in [-0.3, -0.25) is 4.79 Å². The molecule has 2 aliphatic rings. The maximum atomic E-state index is 13.3. The lowest BCUT2D eigenvalue weighted by Crippen LogP contribution is -2.57. The van der Waals surface area contributed by atoms with E-state index < -0.39 is 11.5 Å². The van der Waals surface area contributed by atoms with Crippen LogP contribution in [-0.2, 0) is 11.2 Å². The van der Waals surface area contributed by atoms with Gasteiger partial charge in [-0.15, -0.1) is 11.3 Å². The minimum Gasteiger partial charge on any atom is -0.396 e. The Bertz CT molecular complexity index is 1020. The zero-order valence-corrected chi connectivity index (χ0v) is 21.3. The molecule has 0 radical (unpaired) electrons. The number of hydrogen-bond donors (Lipinski definition) is 3. The van der Waals surface area contributed by atoms with Crippen LogP contribution in [0, 0.1) is 22.6 Å². The standard InChI is InChI=1S/C26H36FN3O3S/c1-5-30(6-2)22(33)13-18-23-19(34-24(29-23)28-17-9-7-16(27)8-10-17)14-20-25(18,3)12-11-21(32)26(20,4)15-31/h7-10,18,20-21,31-32H,5-6,11-15H2,1-4H3,(H,28,29). The Kier molecular flexibility index (Phi) is 7.04. The highest BCUT2D eigenvalue weighted by molar-refractivity contribution is 7.15. The van der Waals surface area contributed by atoms with Crippen molar-refractivity contribution in [3.63, 3.8) is 0 Å². The summed E-state index contributed by atoms with van der Waals surface area (Å²) in [6.45, 7) is 9.41. The normalized spacial score (nSPS) is 30.4. The number of benzene rings is 1. The zero-order chi connectivity index (χ0) is 24.7. The molecule has 5 unspecified atom stereocenters. The SMILES string of the molecule is CCN(CC)C(=O)CC1c2nc(Nc3ccc(F)cc3)sc2CC2C(C)(CO)C(O)CCC12C. The smallest absolute Gasteiger partial charge is 0.223 e. The van der Waals surface area contributed by atoms with Crippen LogP contribution in [0.1, 0.15) is 63.4 Å². The van der Waals surface area contributed by atoms with Gasteiger partial charge in [0.05, 0.1) is 18.4 Å². The van der Waals surface area contributed by atoms with Crippen LogP contribution in [0.25, 0.3) is 0 Å². The van der Waals surface area contributed by atoms with E-state index in [4.69, 9.17) is 4.98 Å². The van der Waals surface area contributed by atoms with Gasteiger partial charge in [0.1, 0.15) is 5.82 Å². The van der Waals surface area contributed by atoms with Gasteiger partial charge in [0.2, 0.25) is 5.91 Å². The quantitative estimate of drug-likeness (QED) is 0.525. The molecular weight excluding hydrogens is 453 g/mol. The molecule has 5 atom stereocenters. The van der Waals surface area contributed by atoms with Crippen molar-refractivity contribution in [1.82, 2.24) is 9.88 Å². The number of halogens is 1. The van der Waals surface area contributed by atoms with Crippen molar-refractivity contribution in [3.8, 4) is 0 Å². The van der Waals surface area contributed by atoms with Crippen molar-refractivity contribution in [2.75, 3.05) is 25.0 Å². The third-order valence-corrected chi connectivity index (χ3v) is 9.49. The molecule has 8 heteroatoms. The Morgan fingerprint density at radius 1 is 1.26 bits per heavy atom. The number of hydrogen-bond acceptors (Lipinski definition) is 6. The highest BCUT2D eigenvalue weighted by Crippen LogP contribution is 2.63. The molecule has 2 aromatic rings. The molecule has 1 aromatic carbocycles. The number of carbonyl (C=O) groups is 1. The van der Waals surface area contributed by atoms with Crippen LogP contribution in [0.5, 0.6) is 0 Å². The van der Waals surface area contributed by atoms with Crippen molar-refractivity contribution < 1.29 is 19.4 Å². The van der Waals surface area contributed by atoms with Gasteiger partial charge in [-0.1, -0.05) is 13.8 Å². The number of anilines is 2. The monoisotopic (exact) mass is 489 g/mol. The Labute approximate surface area is 205 Å². The summed E-state index contributed by atoms with van der Waals surface area (Å²) in [4.78, 5) is 21.2.